The quantitative estimate of drug-likeness (QED) is 0.582. The summed E-state index contributed by atoms with van der Waals surface area (Å²) in [6.45, 7) is 11.1. The third kappa shape index (κ3) is 2.82. The monoisotopic (exact) mass is 532 g/mol. The number of hydrogen-bond acceptors (Lipinski definition) is 10. The number of carbonyl (C=O) groups is 2. The number of carbonyl (C=O) groups excluding carboxylic acids is 2. The van der Waals surface area contributed by atoms with E-state index < -0.39 is 52.3 Å². The SMILES string of the molecule is COc1c2c(c(C)c3c1C(=O)OC3)OC1(C)CC(OC(C)=O)C34OC(OC)(CC(O)C3(C)C1C2)OC4(C)C. The van der Waals surface area contributed by atoms with E-state index >= 15 is 0 Å². The number of fused-ring (bicyclic) bond motifs is 5. The summed E-state index contributed by atoms with van der Waals surface area (Å²) >= 11 is 0. The highest BCUT2D eigenvalue weighted by Crippen LogP contribution is 2.71. The van der Waals surface area contributed by atoms with Crippen LogP contribution in [0.15, 0.2) is 0 Å². The summed E-state index contributed by atoms with van der Waals surface area (Å²) in [5, 5.41) is 12.0. The van der Waals surface area contributed by atoms with Crippen LogP contribution in [0.2, 0.25) is 0 Å². The van der Waals surface area contributed by atoms with Crippen LogP contribution in [0.5, 0.6) is 11.5 Å². The van der Waals surface area contributed by atoms with E-state index in [1.165, 1.54) is 21.1 Å². The molecule has 3 fully saturated rings. The smallest absolute Gasteiger partial charge is 0.342 e. The molecule has 0 aromatic heterocycles. The summed E-state index contributed by atoms with van der Waals surface area (Å²) in [5.41, 5.74) is -1.44. The first-order chi connectivity index (χ1) is 17.7. The third-order valence-electron chi connectivity index (χ3n) is 10.1. The van der Waals surface area contributed by atoms with Crippen molar-refractivity contribution in [1.29, 1.82) is 0 Å². The van der Waals surface area contributed by atoms with E-state index in [1.807, 2.05) is 34.6 Å². The molecule has 2 bridgehead atoms. The number of cyclic esters (lactones) is 1. The molecule has 38 heavy (non-hydrogen) atoms. The van der Waals surface area contributed by atoms with Gasteiger partial charge in [-0.15, -0.1) is 0 Å². The molecule has 7 unspecified atom stereocenters. The van der Waals surface area contributed by atoms with Crippen LogP contribution in [0, 0.1) is 18.3 Å². The highest BCUT2D eigenvalue weighted by molar-refractivity contribution is 5.98. The van der Waals surface area contributed by atoms with Crippen molar-refractivity contribution in [3.63, 3.8) is 0 Å². The molecule has 2 saturated heterocycles. The number of hydrogen-bond donors (Lipinski definition) is 1. The van der Waals surface area contributed by atoms with E-state index in [4.69, 9.17) is 33.2 Å². The van der Waals surface area contributed by atoms with Gasteiger partial charge in [0.05, 0.1) is 19.6 Å². The second-order valence-electron chi connectivity index (χ2n) is 12.2. The summed E-state index contributed by atoms with van der Waals surface area (Å²) in [4.78, 5) is 25.1. The fourth-order valence-electron chi connectivity index (χ4n) is 8.54. The molecular weight excluding hydrogens is 496 g/mol. The van der Waals surface area contributed by atoms with E-state index in [9.17, 15) is 14.7 Å². The summed E-state index contributed by atoms with van der Waals surface area (Å²) in [7, 11) is 3.01. The van der Waals surface area contributed by atoms with Crippen LogP contribution in [-0.4, -0.2) is 66.2 Å². The first-order valence-electron chi connectivity index (χ1n) is 13.1. The van der Waals surface area contributed by atoms with Gasteiger partial charge in [0.25, 0.3) is 5.97 Å². The molecule has 1 aromatic carbocycles. The molecular formula is C28H36O10. The summed E-state index contributed by atoms with van der Waals surface area (Å²) in [6.07, 6.45) is -0.990. The van der Waals surface area contributed by atoms with E-state index in [0.717, 1.165) is 16.7 Å². The van der Waals surface area contributed by atoms with Crippen molar-refractivity contribution in [2.45, 2.75) is 102 Å². The zero-order valence-corrected chi connectivity index (χ0v) is 23.2. The first-order valence-corrected chi connectivity index (χ1v) is 13.1. The van der Waals surface area contributed by atoms with Crippen molar-refractivity contribution in [1.82, 2.24) is 0 Å². The van der Waals surface area contributed by atoms with Crippen LogP contribution < -0.4 is 9.47 Å². The predicted molar refractivity (Wildman–Crippen MR) is 131 cm³/mol. The van der Waals surface area contributed by atoms with Gasteiger partial charge in [0.1, 0.15) is 46.6 Å². The zero-order valence-electron chi connectivity index (χ0n) is 23.2. The number of ether oxygens (including phenoxy) is 7. The maximum Gasteiger partial charge on any atom is 0.342 e. The molecule has 7 atom stereocenters. The standard InChI is InChI=1S/C28H36O10/c1-13-16-12-34-23(31)20(16)22(32-7)15-9-17-25(5,36-21(13)15)11-19(35-14(2)29)28-24(3,4)37-27(33-8,38-28)10-18(30)26(17,28)6/h17-19,30H,9-12H2,1-8H3. The topological polar surface area (TPSA) is 119 Å². The van der Waals surface area contributed by atoms with Gasteiger partial charge in [0.2, 0.25) is 0 Å². The minimum atomic E-state index is -1.49. The maximum atomic E-state index is 12.7. The van der Waals surface area contributed by atoms with Crippen molar-refractivity contribution < 1.29 is 47.9 Å². The van der Waals surface area contributed by atoms with Crippen LogP contribution in [0.3, 0.4) is 0 Å². The summed E-state index contributed by atoms with van der Waals surface area (Å²) in [6, 6.07) is 0. The Kier molecular flexibility index (Phi) is 5.18. The van der Waals surface area contributed by atoms with E-state index in [-0.39, 0.29) is 18.9 Å². The molecule has 4 aliphatic heterocycles. The Morgan fingerprint density at radius 2 is 1.79 bits per heavy atom. The molecule has 208 valence electrons. The molecule has 10 heteroatoms. The minimum absolute atomic E-state index is 0.0596. The van der Waals surface area contributed by atoms with Gasteiger partial charge < -0.3 is 38.3 Å². The average molecular weight is 533 g/mol. The molecule has 5 aliphatic rings. The van der Waals surface area contributed by atoms with Gasteiger partial charge in [-0.1, -0.05) is 6.92 Å². The lowest BCUT2D eigenvalue weighted by atomic mass is 9.45. The molecule has 6 rings (SSSR count). The van der Waals surface area contributed by atoms with Gasteiger partial charge in [-0.05, 0) is 39.7 Å². The number of aliphatic hydroxyl groups is 1. The molecule has 0 amide bonds. The van der Waals surface area contributed by atoms with Crippen molar-refractivity contribution in [2.24, 2.45) is 11.3 Å². The number of methoxy groups -OCH3 is 2. The van der Waals surface area contributed by atoms with Crippen molar-refractivity contribution >= 4 is 11.9 Å². The number of esters is 2. The van der Waals surface area contributed by atoms with Crippen LogP contribution in [-0.2, 0) is 41.5 Å². The Balaban J connectivity index is 1.60. The van der Waals surface area contributed by atoms with Crippen molar-refractivity contribution in [2.75, 3.05) is 14.2 Å². The molecule has 1 saturated carbocycles. The Bertz CT molecular complexity index is 1260. The molecule has 1 spiro atoms. The summed E-state index contributed by atoms with van der Waals surface area (Å²) in [5.74, 6) is -1.65. The lowest BCUT2D eigenvalue weighted by Gasteiger charge is -2.67. The van der Waals surface area contributed by atoms with Crippen LogP contribution in [0.1, 0.15) is 74.5 Å². The third-order valence-corrected chi connectivity index (χ3v) is 10.1. The minimum Gasteiger partial charge on any atom is -0.495 e. The van der Waals surface area contributed by atoms with Gasteiger partial charge >= 0.3 is 11.9 Å². The molecule has 4 heterocycles. The average Bonchev–Trinajstić information content (AvgIpc) is 3.31. The number of benzene rings is 1. The molecule has 1 N–H and O–H groups in total. The van der Waals surface area contributed by atoms with Crippen LogP contribution in [0.25, 0.3) is 0 Å². The van der Waals surface area contributed by atoms with Gasteiger partial charge in [0, 0.05) is 42.9 Å². The number of rotatable bonds is 3. The van der Waals surface area contributed by atoms with Crippen LogP contribution >= 0.6 is 0 Å². The van der Waals surface area contributed by atoms with E-state index in [1.54, 1.807) is 0 Å². The molecule has 1 aliphatic carbocycles. The second kappa shape index (κ2) is 7.62. The maximum absolute atomic E-state index is 12.7. The van der Waals surface area contributed by atoms with Gasteiger partial charge in [-0.25, -0.2) is 4.79 Å². The Morgan fingerprint density at radius 1 is 1.08 bits per heavy atom. The van der Waals surface area contributed by atoms with Crippen molar-refractivity contribution in [3.05, 3.63) is 22.3 Å². The van der Waals surface area contributed by atoms with Gasteiger partial charge in [-0.2, -0.15) is 0 Å². The largest absolute Gasteiger partial charge is 0.495 e. The van der Waals surface area contributed by atoms with E-state index in [0.29, 0.717) is 29.9 Å². The molecule has 0 radical (unpaired) electrons. The van der Waals surface area contributed by atoms with Crippen molar-refractivity contribution in [3.8, 4) is 11.5 Å². The Morgan fingerprint density at radius 3 is 2.42 bits per heavy atom. The normalized spacial score (nSPS) is 41.7. The molecule has 10 nitrogen and oxygen atoms in total. The van der Waals surface area contributed by atoms with Crippen LogP contribution in [0.4, 0.5) is 0 Å². The Hall–Kier alpha value is -2.40. The predicted octanol–water partition coefficient (Wildman–Crippen LogP) is 2.95. The van der Waals surface area contributed by atoms with Gasteiger partial charge in [0.15, 0.2) is 0 Å². The lowest BCUT2D eigenvalue weighted by Crippen LogP contribution is -2.80. The highest BCUT2D eigenvalue weighted by atomic mass is 16.9. The lowest BCUT2D eigenvalue weighted by molar-refractivity contribution is -0.410. The second-order valence-corrected chi connectivity index (χ2v) is 12.2. The first kappa shape index (κ1) is 25.9. The fraction of sp³-hybridized carbons (Fsp3) is 0.714. The molecule has 1 aromatic rings. The highest BCUT2D eigenvalue weighted by Gasteiger charge is 2.84. The summed E-state index contributed by atoms with van der Waals surface area (Å²) < 4.78 is 42.9. The Labute approximate surface area is 221 Å². The van der Waals surface area contributed by atoms with Gasteiger partial charge in [-0.3, -0.25) is 4.79 Å². The zero-order chi connectivity index (χ0) is 27.6. The van der Waals surface area contributed by atoms with E-state index in [2.05, 4.69) is 0 Å². The number of aliphatic hydroxyl groups excluding tert-OH is 1. The fourth-order valence-corrected chi connectivity index (χ4v) is 8.54.